The maximum atomic E-state index is 13.5. The zero-order chi connectivity index (χ0) is 23.1. The average molecular weight is 447 g/mol. The van der Waals surface area contributed by atoms with Crippen LogP contribution in [0.2, 0.25) is 0 Å². The van der Waals surface area contributed by atoms with Gasteiger partial charge in [0.1, 0.15) is 19.3 Å². The number of carbonyl (C=O) groups excluding carboxylic acids is 1. The third-order valence-corrected chi connectivity index (χ3v) is 6.10. The van der Waals surface area contributed by atoms with E-state index in [-0.39, 0.29) is 17.5 Å². The molecule has 2 aromatic heterocycles. The van der Waals surface area contributed by atoms with Crippen LogP contribution < -0.4 is 20.3 Å². The molecule has 0 fully saturated rings. The summed E-state index contributed by atoms with van der Waals surface area (Å²) in [6.07, 6.45) is 0.568. The monoisotopic (exact) mass is 446 g/mol. The lowest BCUT2D eigenvalue weighted by Crippen LogP contribution is -2.35. The Hall–Kier alpha value is -3.81. The minimum Gasteiger partial charge on any atom is -0.486 e. The Balaban J connectivity index is 1.52. The number of rotatable bonds is 5. The SMILES string of the molecule is CC[C@@H](C(=O)N[C@H](C)c1ccc2c(c1)OCCO2)n1c2ccccc2c2nc(=O)cc(C)n21. The maximum absolute atomic E-state index is 13.5. The molecule has 4 aromatic rings. The second-order valence-electron chi connectivity index (χ2n) is 8.29. The van der Waals surface area contributed by atoms with Crippen LogP contribution in [0, 0.1) is 6.92 Å². The van der Waals surface area contributed by atoms with Crippen molar-refractivity contribution >= 4 is 22.5 Å². The van der Waals surface area contributed by atoms with Gasteiger partial charge in [-0.2, -0.15) is 4.98 Å². The number of nitrogens with one attached hydrogen (secondary N) is 1. The van der Waals surface area contributed by atoms with Crippen LogP contribution in [0.3, 0.4) is 0 Å². The Morgan fingerprint density at radius 3 is 2.67 bits per heavy atom. The van der Waals surface area contributed by atoms with Crippen molar-refractivity contribution in [2.45, 2.75) is 39.3 Å². The van der Waals surface area contributed by atoms with E-state index >= 15 is 0 Å². The number of hydrogen-bond acceptors (Lipinski definition) is 5. The van der Waals surface area contributed by atoms with Crippen LogP contribution in [0.5, 0.6) is 11.5 Å². The van der Waals surface area contributed by atoms with Crippen molar-refractivity contribution in [3.63, 3.8) is 0 Å². The van der Waals surface area contributed by atoms with E-state index in [1.54, 1.807) is 0 Å². The van der Waals surface area contributed by atoms with Crippen LogP contribution in [0.25, 0.3) is 16.6 Å². The van der Waals surface area contributed by atoms with E-state index in [9.17, 15) is 9.59 Å². The van der Waals surface area contributed by atoms with Crippen molar-refractivity contribution in [3.05, 3.63) is 70.1 Å². The third-order valence-electron chi connectivity index (χ3n) is 6.10. The first-order chi connectivity index (χ1) is 16.0. The normalized spacial score (nSPS) is 14.9. The van der Waals surface area contributed by atoms with Gasteiger partial charge in [-0.15, -0.1) is 0 Å². The van der Waals surface area contributed by atoms with Gasteiger partial charge < -0.3 is 14.8 Å². The molecule has 0 radical (unpaired) electrons. The topological polar surface area (TPSA) is 86.9 Å². The van der Waals surface area contributed by atoms with Gasteiger partial charge in [0, 0.05) is 17.1 Å². The van der Waals surface area contributed by atoms with Gasteiger partial charge >= 0.3 is 0 Å². The van der Waals surface area contributed by atoms with Gasteiger partial charge in [0.05, 0.1) is 11.6 Å². The fourth-order valence-electron chi connectivity index (χ4n) is 4.51. The Morgan fingerprint density at radius 2 is 1.88 bits per heavy atom. The van der Waals surface area contributed by atoms with Crippen LogP contribution in [0.15, 0.2) is 53.3 Å². The third kappa shape index (κ3) is 3.61. The molecular weight excluding hydrogens is 420 g/mol. The minimum atomic E-state index is -0.491. The first-order valence-electron chi connectivity index (χ1n) is 11.2. The van der Waals surface area contributed by atoms with Crippen molar-refractivity contribution in [1.29, 1.82) is 0 Å². The molecule has 8 nitrogen and oxygen atoms in total. The molecule has 33 heavy (non-hydrogen) atoms. The summed E-state index contributed by atoms with van der Waals surface area (Å²) in [6, 6.07) is 14.2. The lowest BCUT2D eigenvalue weighted by atomic mass is 10.1. The summed E-state index contributed by atoms with van der Waals surface area (Å²) in [5.74, 6) is 1.30. The standard InChI is InChI=1S/C25H26N4O4/c1-4-19(25(31)26-16(3)17-9-10-21-22(14-17)33-12-11-32-21)29-20-8-6-5-7-18(20)24-27-23(30)13-15(2)28(24)29/h5-10,13-14,16,19H,4,11-12H2,1-3H3,(H,26,31)/t16-,19+/m1/s1. The fraction of sp³-hybridized carbons (Fsp3) is 0.320. The fourth-order valence-corrected chi connectivity index (χ4v) is 4.51. The quantitative estimate of drug-likeness (QED) is 0.507. The van der Waals surface area contributed by atoms with Gasteiger partial charge in [0.15, 0.2) is 17.1 Å². The number of nitrogens with zero attached hydrogens (tertiary/aromatic N) is 3. The predicted octanol–water partition coefficient (Wildman–Crippen LogP) is 3.56. The zero-order valence-electron chi connectivity index (χ0n) is 18.9. The molecule has 0 aliphatic carbocycles. The van der Waals surface area contributed by atoms with E-state index in [4.69, 9.17) is 9.47 Å². The molecular formula is C25H26N4O4. The summed E-state index contributed by atoms with van der Waals surface area (Å²) in [5, 5.41) is 3.99. The molecule has 1 amide bonds. The number of benzene rings is 2. The van der Waals surface area contributed by atoms with Crippen LogP contribution in [-0.2, 0) is 4.79 Å². The van der Waals surface area contributed by atoms with Crippen molar-refractivity contribution < 1.29 is 14.3 Å². The number of para-hydroxylation sites is 1. The average Bonchev–Trinajstić information content (AvgIpc) is 3.14. The number of ether oxygens (including phenoxy) is 2. The summed E-state index contributed by atoms with van der Waals surface area (Å²) in [4.78, 5) is 29.9. The molecule has 2 aromatic carbocycles. The maximum Gasteiger partial charge on any atom is 0.273 e. The van der Waals surface area contributed by atoms with E-state index in [2.05, 4.69) is 10.3 Å². The highest BCUT2D eigenvalue weighted by atomic mass is 16.6. The number of amides is 1. The van der Waals surface area contributed by atoms with Crippen molar-refractivity contribution in [2.75, 3.05) is 13.2 Å². The molecule has 0 bridgehead atoms. The van der Waals surface area contributed by atoms with Crippen LogP contribution in [0.4, 0.5) is 0 Å². The highest BCUT2D eigenvalue weighted by molar-refractivity contribution is 5.94. The first kappa shape index (κ1) is 21.1. The highest BCUT2D eigenvalue weighted by Crippen LogP contribution is 2.33. The highest BCUT2D eigenvalue weighted by Gasteiger charge is 2.26. The molecule has 0 spiro atoms. The van der Waals surface area contributed by atoms with Gasteiger partial charge in [-0.3, -0.25) is 14.3 Å². The molecule has 3 heterocycles. The predicted molar refractivity (Wildman–Crippen MR) is 125 cm³/mol. The largest absolute Gasteiger partial charge is 0.486 e. The van der Waals surface area contributed by atoms with Crippen molar-refractivity contribution in [3.8, 4) is 11.5 Å². The van der Waals surface area contributed by atoms with Crippen LogP contribution in [-0.4, -0.2) is 33.3 Å². The van der Waals surface area contributed by atoms with Crippen molar-refractivity contribution in [1.82, 2.24) is 19.5 Å². The van der Waals surface area contributed by atoms with Gasteiger partial charge in [-0.25, -0.2) is 4.52 Å². The second-order valence-corrected chi connectivity index (χ2v) is 8.29. The number of hydrogen-bond donors (Lipinski definition) is 1. The molecule has 1 aliphatic heterocycles. The van der Waals surface area contributed by atoms with Gasteiger partial charge in [0.25, 0.3) is 5.56 Å². The molecule has 1 N–H and O–H groups in total. The van der Waals surface area contributed by atoms with Gasteiger partial charge in [0.2, 0.25) is 5.91 Å². The van der Waals surface area contributed by atoms with E-state index in [1.165, 1.54) is 6.07 Å². The Morgan fingerprint density at radius 1 is 1.12 bits per heavy atom. The number of carbonyl (C=O) groups is 1. The molecule has 5 rings (SSSR count). The van der Waals surface area contributed by atoms with Crippen molar-refractivity contribution in [2.24, 2.45) is 0 Å². The van der Waals surface area contributed by atoms with Crippen LogP contribution in [0.1, 0.15) is 43.6 Å². The minimum absolute atomic E-state index is 0.111. The number of fused-ring (bicyclic) bond motifs is 4. The molecule has 0 saturated carbocycles. The molecule has 1 aliphatic rings. The zero-order valence-corrected chi connectivity index (χ0v) is 18.9. The summed E-state index contributed by atoms with van der Waals surface area (Å²) in [6.45, 7) is 6.83. The lowest BCUT2D eigenvalue weighted by molar-refractivity contribution is -0.125. The number of aryl methyl sites for hydroxylation is 1. The molecule has 8 heteroatoms. The van der Waals surface area contributed by atoms with E-state index < -0.39 is 6.04 Å². The van der Waals surface area contributed by atoms with E-state index in [1.807, 2.05) is 72.4 Å². The summed E-state index contributed by atoms with van der Waals surface area (Å²) in [5.41, 5.74) is 2.79. The molecule has 170 valence electrons. The van der Waals surface area contributed by atoms with Crippen LogP contribution >= 0.6 is 0 Å². The second kappa shape index (κ2) is 8.27. The lowest BCUT2D eigenvalue weighted by Gasteiger charge is -2.24. The summed E-state index contributed by atoms with van der Waals surface area (Å²) < 4.78 is 15.1. The number of aromatic nitrogens is 3. The molecule has 2 atom stereocenters. The summed E-state index contributed by atoms with van der Waals surface area (Å²) >= 11 is 0. The smallest absolute Gasteiger partial charge is 0.273 e. The Kier molecular flexibility index (Phi) is 5.28. The van der Waals surface area contributed by atoms with E-state index in [0.29, 0.717) is 31.0 Å². The van der Waals surface area contributed by atoms with Gasteiger partial charge in [-0.05, 0) is 50.1 Å². The summed E-state index contributed by atoms with van der Waals surface area (Å²) in [7, 11) is 0. The Labute approximate surface area is 190 Å². The molecule has 0 saturated heterocycles. The van der Waals surface area contributed by atoms with E-state index in [0.717, 1.165) is 27.9 Å². The Bertz CT molecular complexity index is 1420. The van der Waals surface area contributed by atoms with Gasteiger partial charge in [-0.1, -0.05) is 25.1 Å². The first-order valence-corrected chi connectivity index (χ1v) is 11.2. The molecule has 0 unspecified atom stereocenters.